The van der Waals surface area contributed by atoms with Crippen molar-refractivity contribution in [1.29, 1.82) is 0 Å². The van der Waals surface area contributed by atoms with Gasteiger partial charge in [-0.25, -0.2) is 0 Å². The molecule has 11 aromatic carbocycles. The molecule has 1 aromatic heterocycles. The zero-order valence-corrected chi connectivity index (χ0v) is 38.8. The van der Waals surface area contributed by atoms with Crippen molar-refractivity contribution in [1.82, 2.24) is 0 Å². The van der Waals surface area contributed by atoms with Crippen LogP contribution >= 0.6 is 11.3 Å². The third kappa shape index (κ3) is 5.49. The lowest BCUT2D eigenvalue weighted by atomic mass is 9.66. The van der Waals surface area contributed by atoms with E-state index in [4.69, 9.17) is 4.74 Å². The molecule has 326 valence electrons. The Kier molecular flexibility index (Phi) is 8.48. The number of hydrogen-bond donors (Lipinski definition) is 0. The molecule has 1 unspecified atom stereocenters. The van der Waals surface area contributed by atoms with Crippen molar-refractivity contribution in [2.24, 2.45) is 0 Å². The van der Waals surface area contributed by atoms with Gasteiger partial charge in [0.05, 0.1) is 11.1 Å². The molecule has 3 aliphatic rings. The molecule has 0 N–H and O–H groups in total. The van der Waals surface area contributed by atoms with Crippen LogP contribution in [0.3, 0.4) is 0 Å². The van der Waals surface area contributed by atoms with Crippen LogP contribution in [0, 0.1) is 0 Å². The molecule has 0 saturated heterocycles. The van der Waals surface area contributed by atoms with Gasteiger partial charge in [0, 0.05) is 48.2 Å². The molecule has 0 saturated carbocycles. The van der Waals surface area contributed by atoms with E-state index in [-0.39, 0.29) is 0 Å². The minimum atomic E-state index is -0.625. The third-order valence-corrected chi connectivity index (χ3v) is 16.3. The number of anilines is 3. The smallest absolute Gasteiger partial charge is 0.135 e. The average Bonchev–Trinajstić information content (AvgIpc) is 3.88. The van der Waals surface area contributed by atoms with Gasteiger partial charge in [0.15, 0.2) is 0 Å². The van der Waals surface area contributed by atoms with Crippen molar-refractivity contribution < 1.29 is 4.74 Å². The highest BCUT2D eigenvalue weighted by Gasteiger charge is 2.50. The molecule has 1 atom stereocenters. The summed E-state index contributed by atoms with van der Waals surface area (Å²) in [6, 6.07) is 92.0. The maximum absolute atomic E-state index is 6.82. The van der Waals surface area contributed by atoms with Gasteiger partial charge in [-0.15, -0.1) is 11.3 Å². The first kappa shape index (κ1) is 39.3. The van der Waals surface area contributed by atoms with Crippen molar-refractivity contribution in [2.75, 3.05) is 4.90 Å². The highest BCUT2D eigenvalue weighted by atomic mass is 32.1. The van der Waals surface area contributed by atoms with E-state index in [0.29, 0.717) is 0 Å². The summed E-state index contributed by atoms with van der Waals surface area (Å²) in [6.45, 7) is 0. The molecule has 0 amide bonds. The minimum absolute atomic E-state index is 0.625. The predicted octanol–water partition coefficient (Wildman–Crippen LogP) is 18.6. The second-order valence-electron chi connectivity index (χ2n) is 18.6. The Labute approximate surface area is 410 Å². The molecule has 0 radical (unpaired) electrons. The molecule has 2 aliphatic carbocycles. The van der Waals surface area contributed by atoms with Crippen molar-refractivity contribution >= 4 is 48.6 Å². The summed E-state index contributed by atoms with van der Waals surface area (Å²) in [5.41, 5.74) is 22.1. The first-order valence-corrected chi connectivity index (χ1v) is 24.9. The Morgan fingerprint density at radius 3 is 1.63 bits per heavy atom. The van der Waals surface area contributed by atoms with E-state index in [1.165, 1.54) is 75.8 Å². The minimum Gasteiger partial charge on any atom is -0.456 e. The Hall–Kier alpha value is -8.76. The normalized spacial score (nSPS) is 14.5. The molecule has 15 rings (SSSR count). The van der Waals surface area contributed by atoms with Crippen LogP contribution in [0.25, 0.3) is 86.9 Å². The Morgan fingerprint density at radius 1 is 0.329 bits per heavy atom. The van der Waals surface area contributed by atoms with E-state index in [2.05, 4.69) is 254 Å². The Balaban J connectivity index is 1.04. The molecule has 12 aromatic rings. The maximum atomic E-state index is 6.82. The van der Waals surface area contributed by atoms with E-state index in [9.17, 15) is 0 Å². The van der Waals surface area contributed by atoms with Crippen molar-refractivity contribution in [3.63, 3.8) is 0 Å². The number of nitrogens with zero attached hydrogens (tertiary/aromatic N) is 1. The maximum Gasteiger partial charge on any atom is 0.135 e. The van der Waals surface area contributed by atoms with Gasteiger partial charge in [-0.05, 0) is 127 Å². The van der Waals surface area contributed by atoms with E-state index in [1.54, 1.807) is 0 Å². The highest BCUT2D eigenvalue weighted by molar-refractivity contribution is 7.26. The van der Waals surface area contributed by atoms with Crippen LogP contribution in [0.1, 0.15) is 22.3 Å². The highest BCUT2D eigenvalue weighted by Crippen LogP contribution is 2.64. The van der Waals surface area contributed by atoms with Crippen molar-refractivity contribution in [3.8, 4) is 78.3 Å². The lowest BCUT2D eigenvalue weighted by molar-refractivity contribution is 0.488. The molecule has 1 aliphatic heterocycles. The second kappa shape index (κ2) is 15.1. The van der Waals surface area contributed by atoms with Gasteiger partial charge in [-0.1, -0.05) is 194 Å². The Bertz CT molecular complexity index is 4130. The number of thiophene rings is 1. The topological polar surface area (TPSA) is 12.5 Å². The van der Waals surface area contributed by atoms with Crippen LogP contribution in [0.4, 0.5) is 17.1 Å². The van der Waals surface area contributed by atoms with E-state index < -0.39 is 5.41 Å². The van der Waals surface area contributed by atoms with Gasteiger partial charge in [0.2, 0.25) is 0 Å². The lowest BCUT2D eigenvalue weighted by Crippen LogP contribution is -2.29. The van der Waals surface area contributed by atoms with Crippen LogP contribution in [0.5, 0.6) is 11.5 Å². The van der Waals surface area contributed by atoms with Crippen LogP contribution in [-0.4, -0.2) is 0 Å². The summed E-state index contributed by atoms with van der Waals surface area (Å²) in [5.74, 6) is 1.69. The first-order chi connectivity index (χ1) is 34.7. The number of ether oxygens (including phenoxy) is 1. The van der Waals surface area contributed by atoms with Gasteiger partial charge in [-0.2, -0.15) is 0 Å². The van der Waals surface area contributed by atoms with Gasteiger partial charge in [0.1, 0.15) is 11.5 Å². The van der Waals surface area contributed by atoms with Crippen molar-refractivity contribution in [2.45, 2.75) is 5.41 Å². The SMILES string of the molecule is c1ccc(-c2ccccc2N(c2ccc3c(c2)-c2ccccc2-c2ccccc2O3)c2ccc3c(c2)-c2ccccc2-c2ccccc2C32c3ccccc3-c3c2ccc2sc4ccccc4c32)cc1. The third-order valence-electron chi connectivity index (χ3n) is 15.1. The van der Waals surface area contributed by atoms with Crippen LogP contribution < -0.4 is 9.64 Å². The van der Waals surface area contributed by atoms with Gasteiger partial charge in [-0.3, -0.25) is 0 Å². The predicted molar refractivity (Wildman–Crippen MR) is 292 cm³/mol. The zero-order chi connectivity index (χ0) is 45.9. The number of rotatable bonds is 4. The molecule has 2 heterocycles. The summed E-state index contributed by atoms with van der Waals surface area (Å²) in [4.78, 5) is 2.47. The number of hydrogen-bond acceptors (Lipinski definition) is 3. The molecule has 0 bridgehead atoms. The largest absolute Gasteiger partial charge is 0.456 e. The Morgan fingerprint density at radius 2 is 0.843 bits per heavy atom. The van der Waals surface area contributed by atoms with Gasteiger partial charge in [0.25, 0.3) is 0 Å². The van der Waals surface area contributed by atoms with Crippen LogP contribution in [0.15, 0.2) is 249 Å². The summed E-state index contributed by atoms with van der Waals surface area (Å²) in [7, 11) is 0. The van der Waals surface area contributed by atoms with Gasteiger partial charge < -0.3 is 9.64 Å². The molecular formula is C67H41NOS. The van der Waals surface area contributed by atoms with E-state index in [0.717, 1.165) is 61.9 Å². The number of fused-ring (bicyclic) bond motifs is 21. The molecule has 3 heteroatoms. The molecule has 1 spiro atoms. The van der Waals surface area contributed by atoms with E-state index >= 15 is 0 Å². The molecular weight excluding hydrogens is 867 g/mol. The molecule has 2 nitrogen and oxygen atoms in total. The summed E-state index contributed by atoms with van der Waals surface area (Å²) in [6.07, 6.45) is 0. The van der Waals surface area contributed by atoms with Crippen LogP contribution in [0.2, 0.25) is 0 Å². The van der Waals surface area contributed by atoms with Crippen molar-refractivity contribution in [3.05, 3.63) is 271 Å². The fourth-order valence-electron chi connectivity index (χ4n) is 12.3. The lowest BCUT2D eigenvalue weighted by Gasteiger charge is -2.36. The number of para-hydroxylation sites is 2. The molecule has 0 fully saturated rings. The fraction of sp³-hybridized carbons (Fsp3) is 0.0149. The summed E-state index contributed by atoms with van der Waals surface area (Å²) >= 11 is 1.89. The quantitative estimate of drug-likeness (QED) is 0.174. The number of benzene rings is 11. The zero-order valence-electron chi connectivity index (χ0n) is 37.9. The molecule has 70 heavy (non-hydrogen) atoms. The monoisotopic (exact) mass is 907 g/mol. The van der Waals surface area contributed by atoms with Gasteiger partial charge >= 0.3 is 0 Å². The average molecular weight is 908 g/mol. The first-order valence-electron chi connectivity index (χ1n) is 24.1. The van der Waals surface area contributed by atoms with Crippen LogP contribution in [-0.2, 0) is 5.41 Å². The van der Waals surface area contributed by atoms with E-state index in [1.807, 2.05) is 11.3 Å². The fourth-order valence-corrected chi connectivity index (χ4v) is 13.4. The standard InChI is InChI=1S/C67H41NOS/c1-2-18-42(19-3-1)45-20-10-15-31-60(45)68(44-35-38-62-55(41-44)49-24-7-5-22-47(49)51-26-11-16-32-61(51)69-62)43-34-36-58-54(40-43)48-23-6-4-21-46(48)50-25-8-13-29-56(50)67(58)57-30-14-9-27-52(57)65-59(67)37-39-64-66(65)53-28-12-17-33-63(53)70-64/h1-41H. The second-order valence-corrected chi connectivity index (χ2v) is 19.7. The summed E-state index contributed by atoms with van der Waals surface area (Å²) in [5, 5.41) is 2.66. The summed E-state index contributed by atoms with van der Waals surface area (Å²) < 4.78 is 9.45.